The van der Waals surface area contributed by atoms with E-state index in [9.17, 15) is 4.79 Å². The summed E-state index contributed by atoms with van der Waals surface area (Å²) in [5, 5.41) is 0. The van der Waals surface area contributed by atoms with Gasteiger partial charge in [0.05, 0.1) is 6.54 Å². The highest BCUT2D eigenvalue weighted by molar-refractivity contribution is 5.99. The Morgan fingerprint density at radius 3 is 2.11 bits per heavy atom. The van der Waals surface area contributed by atoms with Crippen molar-refractivity contribution in [1.29, 1.82) is 0 Å². The Balaban J connectivity index is 1.57. The van der Waals surface area contributed by atoms with E-state index in [1.54, 1.807) is 0 Å². The molecule has 1 saturated heterocycles. The van der Waals surface area contributed by atoms with Crippen LogP contribution in [-0.4, -0.2) is 52.9 Å². The Bertz CT molecular complexity index is 778. The van der Waals surface area contributed by atoms with E-state index < -0.39 is 0 Å². The summed E-state index contributed by atoms with van der Waals surface area (Å²) >= 11 is 0. The lowest BCUT2D eigenvalue weighted by Crippen LogP contribution is -2.47. The fourth-order valence-corrected chi connectivity index (χ4v) is 4.31. The second-order valence-electron chi connectivity index (χ2n) is 8.75. The summed E-state index contributed by atoms with van der Waals surface area (Å²) in [4.78, 5) is 17.7. The molecular weight excluding hydrogens is 334 g/mol. The molecule has 0 bridgehead atoms. The summed E-state index contributed by atoms with van der Waals surface area (Å²) < 4.78 is 2.28. The number of piperazine rings is 1. The molecule has 4 nitrogen and oxygen atoms in total. The summed E-state index contributed by atoms with van der Waals surface area (Å²) in [5.41, 5.74) is 4.49. The molecule has 1 fully saturated rings. The van der Waals surface area contributed by atoms with Gasteiger partial charge in [0.25, 0.3) is 0 Å². The molecular formula is C23H33N3O. The van der Waals surface area contributed by atoms with E-state index in [-0.39, 0.29) is 11.3 Å². The largest absolute Gasteiger partial charge is 0.343 e. The normalized spacial score (nSPS) is 16.6. The lowest BCUT2D eigenvalue weighted by molar-refractivity contribution is 0.0843. The predicted octanol–water partition coefficient (Wildman–Crippen LogP) is 3.86. The number of carbonyl (C=O) groups excluding carboxylic acids is 1. The van der Waals surface area contributed by atoms with Crippen molar-refractivity contribution >= 4 is 5.78 Å². The number of benzene rings is 1. The van der Waals surface area contributed by atoms with E-state index in [2.05, 4.69) is 85.4 Å². The predicted molar refractivity (Wildman–Crippen MR) is 111 cm³/mol. The average molecular weight is 368 g/mol. The van der Waals surface area contributed by atoms with Gasteiger partial charge in [-0.05, 0) is 46.2 Å². The van der Waals surface area contributed by atoms with Crippen LogP contribution in [0.25, 0.3) is 0 Å². The van der Waals surface area contributed by atoms with Crippen LogP contribution in [0, 0.1) is 13.8 Å². The Morgan fingerprint density at radius 2 is 1.56 bits per heavy atom. The van der Waals surface area contributed by atoms with Gasteiger partial charge in [-0.2, -0.15) is 0 Å². The molecule has 27 heavy (non-hydrogen) atoms. The number of aromatic nitrogens is 1. The second-order valence-corrected chi connectivity index (χ2v) is 8.75. The molecule has 0 aliphatic carbocycles. The van der Waals surface area contributed by atoms with Crippen LogP contribution in [0.5, 0.6) is 0 Å². The number of rotatable bonds is 5. The van der Waals surface area contributed by atoms with Crippen molar-refractivity contribution in [1.82, 2.24) is 14.4 Å². The Hall–Kier alpha value is -1.91. The van der Waals surface area contributed by atoms with Gasteiger partial charge in [0.15, 0.2) is 5.78 Å². The number of Topliss-reactive ketones (excluding diaryl/α,β-unsaturated/α-hetero) is 1. The molecule has 0 unspecified atom stereocenters. The van der Waals surface area contributed by atoms with Crippen LogP contribution in [0.3, 0.4) is 0 Å². The molecule has 146 valence electrons. The highest BCUT2D eigenvalue weighted by atomic mass is 16.1. The lowest BCUT2D eigenvalue weighted by Gasteiger charge is -2.34. The summed E-state index contributed by atoms with van der Waals surface area (Å²) in [7, 11) is 0. The minimum atomic E-state index is -0.00421. The first kappa shape index (κ1) is 19.8. The summed E-state index contributed by atoms with van der Waals surface area (Å²) in [5.74, 6) is 0.245. The molecule has 0 amide bonds. The Kier molecular flexibility index (Phi) is 5.87. The monoisotopic (exact) mass is 367 g/mol. The van der Waals surface area contributed by atoms with Gasteiger partial charge in [-0.15, -0.1) is 0 Å². The molecule has 2 heterocycles. The Morgan fingerprint density at radius 1 is 0.963 bits per heavy atom. The molecule has 1 aromatic heterocycles. The van der Waals surface area contributed by atoms with Gasteiger partial charge in [-0.1, -0.05) is 30.3 Å². The van der Waals surface area contributed by atoms with Crippen LogP contribution in [0.2, 0.25) is 0 Å². The third-order valence-electron chi connectivity index (χ3n) is 5.48. The Labute approximate surface area is 163 Å². The maximum Gasteiger partial charge on any atom is 0.178 e. The molecule has 1 aliphatic heterocycles. The highest BCUT2D eigenvalue weighted by Crippen LogP contribution is 2.25. The number of ketones is 1. The van der Waals surface area contributed by atoms with Gasteiger partial charge >= 0.3 is 0 Å². The zero-order valence-corrected chi connectivity index (χ0v) is 17.5. The lowest BCUT2D eigenvalue weighted by atomic mass is 10.1. The fraction of sp³-hybridized carbons (Fsp3) is 0.522. The van der Waals surface area contributed by atoms with E-state index in [0.717, 1.165) is 49.7 Å². The van der Waals surface area contributed by atoms with Crippen LogP contribution in [0.15, 0.2) is 36.4 Å². The third kappa shape index (κ3) is 4.69. The SMILES string of the molecule is Cc1cc(C(=O)CN2CCN(Cc3ccccc3)CC2)c(C)n1C(C)(C)C. The smallest absolute Gasteiger partial charge is 0.178 e. The molecule has 1 aromatic carbocycles. The van der Waals surface area contributed by atoms with Gasteiger partial charge in [-0.25, -0.2) is 0 Å². The van der Waals surface area contributed by atoms with Gasteiger partial charge in [0.2, 0.25) is 0 Å². The van der Waals surface area contributed by atoms with E-state index in [0.29, 0.717) is 6.54 Å². The van der Waals surface area contributed by atoms with E-state index in [1.807, 2.05) is 0 Å². The molecule has 0 spiro atoms. The number of aryl methyl sites for hydroxylation is 1. The number of hydrogen-bond acceptors (Lipinski definition) is 3. The van der Waals surface area contributed by atoms with E-state index >= 15 is 0 Å². The van der Waals surface area contributed by atoms with Crippen molar-refractivity contribution in [2.45, 2.75) is 46.7 Å². The zero-order valence-electron chi connectivity index (χ0n) is 17.5. The highest BCUT2D eigenvalue weighted by Gasteiger charge is 2.25. The van der Waals surface area contributed by atoms with Crippen LogP contribution in [0.4, 0.5) is 0 Å². The topological polar surface area (TPSA) is 28.5 Å². The first-order chi connectivity index (χ1) is 12.8. The first-order valence-electron chi connectivity index (χ1n) is 9.97. The standard InChI is InChI=1S/C23H33N3O/c1-18-15-21(19(2)26(18)23(3,4)5)22(27)17-25-13-11-24(12-14-25)16-20-9-7-6-8-10-20/h6-10,15H,11-14,16-17H2,1-5H3. The van der Waals surface area contributed by atoms with Gasteiger partial charge in [-0.3, -0.25) is 14.6 Å². The van der Waals surface area contributed by atoms with Crippen LogP contribution >= 0.6 is 0 Å². The van der Waals surface area contributed by atoms with Gasteiger partial charge in [0.1, 0.15) is 0 Å². The van der Waals surface area contributed by atoms with Crippen molar-refractivity contribution in [2.75, 3.05) is 32.7 Å². The fourth-order valence-electron chi connectivity index (χ4n) is 4.31. The van der Waals surface area contributed by atoms with Crippen molar-refractivity contribution in [3.63, 3.8) is 0 Å². The molecule has 0 saturated carbocycles. The minimum Gasteiger partial charge on any atom is -0.343 e. The van der Waals surface area contributed by atoms with Gasteiger partial charge < -0.3 is 4.57 Å². The number of carbonyl (C=O) groups is 1. The van der Waals surface area contributed by atoms with Crippen molar-refractivity contribution in [3.05, 3.63) is 58.9 Å². The molecule has 0 atom stereocenters. The molecule has 2 aromatic rings. The van der Waals surface area contributed by atoms with Crippen molar-refractivity contribution < 1.29 is 4.79 Å². The molecule has 0 N–H and O–H groups in total. The molecule has 3 rings (SSSR count). The number of hydrogen-bond donors (Lipinski definition) is 0. The average Bonchev–Trinajstić information content (AvgIpc) is 2.92. The maximum absolute atomic E-state index is 12.9. The van der Waals surface area contributed by atoms with Crippen LogP contribution in [0.1, 0.15) is 48.1 Å². The summed E-state index contributed by atoms with van der Waals surface area (Å²) in [6.45, 7) is 16.2. The van der Waals surface area contributed by atoms with Crippen molar-refractivity contribution in [3.8, 4) is 0 Å². The summed E-state index contributed by atoms with van der Waals surface area (Å²) in [6.07, 6.45) is 0. The molecule has 0 radical (unpaired) electrons. The first-order valence-corrected chi connectivity index (χ1v) is 9.97. The molecule has 1 aliphatic rings. The summed E-state index contributed by atoms with van der Waals surface area (Å²) in [6, 6.07) is 12.7. The molecule has 4 heteroatoms. The van der Waals surface area contributed by atoms with Crippen molar-refractivity contribution in [2.24, 2.45) is 0 Å². The third-order valence-corrected chi connectivity index (χ3v) is 5.48. The van der Waals surface area contributed by atoms with E-state index in [4.69, 9.17) is 0 Å². The maximum atomic E-state index is 12.9. The zero-order chi connectivity index (χ0) is 19.6. The minimum absolute atomic E-state index is 0.00421. The quantitative estimate of drug-likeness (QED) is 0.751. The number of nitrogens with zero attached hydrogens (tertiary/aromatic N) is 3. The van der Waals surface area contributed by atoms with E-state index in [1.165, 1.54) is 5.56 Å². The van der Waals surface area contributed by atoms with Crippen LogP contribution in [-0.2, 0) is 12.1 Å². The van der Waals surface area contributed by atoms with Gasteiger partial charge in [0, 0.05) is 55.2 Å². The second kappa shape index (κ2) is 7.99. The van der Waals surface area contributed by atoms with Crippen LogP contribution < -0.4 is 0 Å².